The summed E-state index contributed by atoms with van der Waals surface area (Å²) in [5, 5.41) is 3.62. The molecule has 1 heterocycles. The van der Waals surface area contributed by atoms with Gasteiger partial charge in [-0.15, -0.1) is 0 Å². The average molecular weight is 289 g/mol. The predicted molar refractivity (Wildman–Crippen MR) is 90.6 cm³/mol. The third-order valence-corrected chi connectivity index (χ3v) is 4.65. The number of likely N-dealkylation sites (tertiary alicyclic amines) is 1. The smallest absolute Gasteiger partial charge is 0.0332 e. The molecule has 3 nitrogen and oxygen atoms in total. The van der Waals surface area contributed by atoms with Crippen LogP contribution in [0.15, 0.2) is 30.3 Å². The predicted octanol–water partition coefficient (Wildman–Crippen LogP) is 2.75. The van der Waals surface area contributed by atoms with Crippen LogP contribution in [0.4, 0.5) is 0 Å². The van der Waals surface area contributed by atoms with Gasteiger partial charge in [0.2, 0.25) is 0 Å². The van der Waals surface area contributed by atoms with E-state index in [0.717, 1.165) is 19.1 Å². The van der Waals surface area contributed by atoms with E-state index in [4.69, 9.17) is 0 Å². The summed E-state index contributed by atoms with van der Waals surface area (Å²) in [6.07, 6.45) is 3.89. The van der Waals surface area contributed by atoms with Crippen LogP contribution in [0, 0.1) is 0 Å². The minimum absolute atomic E-state index is 0.472. The minimum Gasteiger partial charge on any atom is -0.310 e. The zero-order chi connectivity index (χ0) is 15.1. The van der Waals surface area contributed by atoms with E-state index >= 15 is 0 Å². The molecule has 2 atom stereocenters. The molecule has 1 aromatic rings. The first kappa shape index (κ1) is 16.5. The first-order valence-corrected chi connectivity index (χ1v) is 8.37. The Bertz CT molecular complexity index is 393. The Morgan fingerprint density at radius 3 is 2.71 bits per heavy atom. The van der Waals surface area contributed by atoms with Crippen LogP contribution in [0.25, 0.3) is 0 Å². The van der Waals surface area contributed by atoms with Crippen molar-refractivity contribution in [3.8, 4) is 0 Å². The van der Waals surface area contributed by atoms with Crippen molar-refractivity contribution in [2.75, 3.05) is 40.3 Å². The lowest BCUT2D eigenvalue weighted by molar-refractivity contribution is 0.213. The Kier molecular flexibility index (Phi) is 6.68. The van der Waals surface area contributed by atoms with Crippen LogP contribution in [0.3, 0.4) is 0 Å². The van der Waals surface area contributed by atoms with Crippen LogP contribution in [0.5, 0.6) is 0 Å². The number of rotatable bonds is 8. The van der Waals surface area contributed by atoms with Gasteiger partial charge in [-0.05, 0) is 58.6 Å². The number of benzene rings is 1. The summed E-state index contributed by atoms with van der Waals surface area (Å²) in [6, 6.07) is 12.1. The highest BCUT2D eigenvalue weighted by Crippen LogP contribution is 2.18. The van der Waals surface area contributed by atoms with Gasteiger partial charge in [0.25, 0.3) is 0 Å². The van der Waals surface area contributed by atoms with Crippen LogP contribution in [0.1, 0.15) is 37.8 Å². The second-order valence-electron chi connectivity index (χ2n) is 6.35. The monoisotopic (exact) mass is 289 g/mol. The Balaban J connectivity index is 1.81. The molecule has 0 bridgehead atoms. The third kappa shape index (κ3) is 5.10. The van der Waals surface area contributed by atoms with Crippen LogP contribution in [-0.2, 0) is 0 Å². The van der Waals surface area contributed by atoms with Gasteiger partial charge in [0.1, 0.15) is 0 Å². The van der Waals surface area contributed by atoms with Crippen LogP contribution in [-0.4, -0.2) is 56.1 Å². The second-order valence-corrected chi connectivity index (χ2v) is 6.35. The maximum absolute atomic E-state index is 3.62. The van der Waals surface area contributed by atoms with E-state index in [1.807, 2.05) is 0 Å². The Morgan fingerprint density at radius 1 is 1.33 bits per heavy atom. The molecule has 0 spiro atoms. The minimum atomic E-state index is 0.472. The van der Waals surface area contributed by atoms with Crippen molar-refractivity contribution in [1.29, 1.82) is 0 Å². The summed E-state index contributed by atoms with van der Waals surface area (Å²) < 4.78 is 0. The number of nitrogens with zero attached hydrogens (tertiary/aromatic N) is 2. The molecular weight excluding hydrogens is 258 g/mol. The highest BCUT2D eigenvalue weighted by molar-refractivity contribution is 5.18. The molecular formula is C18H31N3. The highest BCUT2D eigenvalue weighted by atomic mass is 15.2. The number of nitrogens with one attached hydrogen (secondary N) is 1. The average Bonchev–Trinajstić information content (AvgIpc) is 2.89. The molecule has 1 N–H and O–H groups in total. The lowest BCUT2D eigenvalue weighted by Gasteiger charge is -2.27. The lowest BCUT2D eigenvalue weighted by Crippen LogP contribution is -2.37. The molecule has 1 aromatic carbocycles. The fraction of sp³-hybridized carbons (Fsp3) is 0.667. The summed E-state index contributed by atoms with van der Waals surface area (Å²) in [5.41, 5.74) is 1.41. The van der Waals surface area contributed by atoms with Crippen molar-refractivity contribution in [3.05, 3.63) is 35.9 Å². The topological polar surface area (TPSA) is 18.5 Å². The van der Waals surface area contributed by atoms with Crippen molar-refractivity contribution >= 4 is 0 Å². The van der Waals surface area contributed by atoms with Crippen molar-refractivity contribution in [2.45, 2.75) is 38.3 Å². The third-order valence-electron chi connectivity index (χ3n) is 4.65. The molecule has 0 amide bonds. The summed E-state index contributed by atoms with van der Waals surface area (Å²) >= 11 is 0. The van der Waals surface area contributed by atoms with Crippen LogP contribution < -0.4 is 5.32 Å². The molecule has 3 heteroatoms. The van der Waals surface area contributed by atoms with Crippen LogP contribution in [0.2, 0.25) is 0 Å². The van der Waals surface area contributed by atoms with E-state index in [2.05, 4.69) is 66.5 Å². The first-order chi connectivity index (χ1) is 10.2. The summed E-state index contributed by atoms with van der Waals surface area (Å²) in [5.74, 6) is 0. The maximum Gasteiger partial charge on any atom is 0.0332 e. The van der Waals surface area contributed by atoms with Gasteiger partial charge in [0.05, 0.1) is 0 Å². The number of likely N-dealkylation sites (N-methyl/N-ethyl adjacent to an activating group) is 2. The molecule has 2 rings (SSSR count). The quantitative estimate of drug-likeness (QED) is 0.794. The Morgan fingerprint density at radius 2 is 2.10 bits per heavy atom. The molecule has 1 saturated heterocycles. The molecule has 0 aromatic heterocycles. The van der Waals surface area contributed by atoms with Gasteiger partial charge in [-0.25, -0.2) is 0 Å². The van der Waals surface area contributed by atoms with Gasteiger partial charge < -0.3 is 15.1 Å². The van der Waals surface area contributed by atoms with E-state index in [-0.39, 0.29) is 0 Å². The standard InChI is InChI=1S/C18H31N3/c1-4-19-18(16-9-6-5-7-10-16)12-14-20(2)15-17-11-8-13-21(17)3/h5-7,9-10,17-19H,4,8,11-15H2,1-3H3. The molecule has 1 aliphatic rings. The van der Waals surface area contributed by atoms with E-state index in [0.29, 0.717) is 6.04 Å². The summed E-state index contributed by atoms with van der Waals surface area (Å²) in [6.45, 7) is 6.82. The van der Waals surface area contributed by atoms with Gasteiger partial charge in [-0.3, -0.25) is 0 Å². The van der Waals surface area contributed by atoms with Crippen molar-refractivity contribution in [1.82, 2.24) is 15.1 Å². The van der Waals surface area contributed by atoms with E-state index in [1.54, 1.807) is 0 Å². The van der Waals surface area contributed by atoms with E-state index in [9.17, 15) is 0 Å². The molecule has 118 valence electrons. The molecule has 21 heavy (non-hydrogen) atoms. The van der Waals surface area contributed by atoms with Gasteiger partial charge >= 0.3 is 0 Å². The molecule has 1 aliphatic heterocycles. The van der Waals surface area contributed by atoms with Crippen molar-refractivity contribution in [2.24, 2.45) is 0 Å². The maximum atomic E-state index is 3.62. The second kappa shape index (κ2) is 8.52. The first-order valence-electron chi connectivity index (χ1n) is 8.37. The van der Waals surface area contributed by atoms with Crippen LogP contribution >= 0.6 is 0 Å². The molecule has 1 fully saturated rings. The summed E-state index contributed by atoms with van der Waals surface area (Å²) in [7, 11) is 4.52. The zero-order valence-electron chi connectivity index (χ0n) is 13.9. The van der Waals surface area contributed by atoms with E-state index in [1.165, 1.54) is 37.9 Å². The van der Waals surface area contributed by atoms with E-state index < -0.39 is 0 Å². The normalized spacial score (nSPS) is 21.0. The lowest BCUT2D eigenvalue weighted by atomic mass is 10.0. The zero-order valence-corrected chi connectivity index (χ0v) is 13.9. The molecule has 0 aliphatic carbocycles. The molecule has 0 saturated carbocycles. The number of hydrogen-bond acceptors (Lipinski definition) is 3. The molecule has 2 unspecified atom stereocenters. The van der Waals surface area contributed by atoms with Gasteiger partial charge in [0.15, 0.2) is 0 Å². The Hall–Kier alpha value is -0.900. The van der Waals surface area contributed by atoms with Gasteiger partial charge in [-0.1, -0.05) is 37.3 Å². The fourth-order valence-electron chi connectivity index (χ4n) is 3.33. The highest BCUT2D eigenvalue weighted by Gasteiger charge is 2.22. The van der Waals surface area contributed by atoms with Gasteiger partial charge in [-0.2, -0.15) is 0 Å². The van der Waals surface area contributed by atoms with Crippen molar-refractivity contribution < 1.29 is 0 Å². The molecule has 0 radical (unpaired) electrons. The Labute approximate surface area is 130 Å². The van der Waals surface area contributed by atoms with Crippen molar-refractivity contribution in [3.63, 3.8) is 0 Å². The SMILES string of the molecule is CCNC(CCN(C)CC1CCCN1C)c1ccccc1. The van der Waals surface area contributed by atoms with Gasteiger partial charge in [0, 0.05) is 18.6 Å². The largest absolute Gasteiger partial charge is 0.310 e. The fourth-order valence-corrected chi connectivity index (χ4v) is 3.33. The summed E-state index contributed by atoms with van der Waals surface area (Å²) in [4.78, 5) is 5.01. The number of hydrogen-bond donors (Lipinski definition) is 1.